The first kappa shape index (κ1) is 22.7. The Bertz CT molecular complexity index is 1010. The maximum atomic E-state index is 13.6. The van der Waals surface area contributed by atoms with Gasteiger partial charge in [0.15, 0.2) is 21.3 Å². The third-order valence-corrected chi connectivity index (χ3v) is 7.08. The number of benzene rings is 2. The Morgan fingerprint density at radius 1 is 0.968 bits per heavy atom. The number of sulfone groups is 1. The van der Waals surface area contributed by atoms with Crippen LogP contribution in [0.25, 0.3) is 0 Å². The Morgan fingerprint density at radius 3 is 2.03 bits per heavy atom. The van der Waals surface area contributed by atoms with E-state index in [1.54, 1.807) is 24.1 Å². The Kier molecular flexibility index (Phi) is 6.94. The Hall–Kier alpha value is -2.94. The second-order valence-corrected chi connectivity index (χ2v) is 9.48. The van der Waals surface area contributed by atoms with Gasteiger partial charge in [0, 0.05) is 18.2 Å². The van der Waals surface area contributed by atoms with Crippen molar-refractivity contribution in [3.05, 3.63) is 47.5 Å². The van der Waals surface area contributed by atoms with Crippen LogP contribution in [-0.2, 0) is 16.4 Å². The number of rotatable bonds is 8. The predicted molar refractivity (Wildman–Crippen MR) is 116 cm³/mol. The summed E-state index contributed by atoms with van der Waals surface area (Å²) in [6, 6.07) is 10.1. The molecule has 8 nitrogen and oxygen atoms in total. The molecule has 0 saturated carbocycles. The highest BCUT2D eigenvalue weighted by Crippen LogP contribution is 2.39. The number of ether oxygens (including phenoxy) is 4. The van der Waals surface area contributed by atoms with Crippen molar-refractivity contribution in [1.82, 2.24) is 4.90 Å². The molecule has 0 spiro atoms. The summed E-state index contributed by atoms with van der Waals surface area (Å²) in [6.45, 7) is 0.264. The minimum atomic E-state index is -3.18. The van der Waals surface area contributed by atoms with Gasteiger partial charge in [-0.3, -0.25) is 4.79 Å². The lowest BCUT2D eigenvalue weighted by molar-refractivity contribution is 0.0680. The van der Waals surface area contributed by atoms with E-state index >= 15 is 0 Å². The normalized spacial score (nSPS) is 17.1. The van der Waals surface area contributed by atoms with Crippen molar-refractivity contribution in [2.24, 2.45) is 0 Å². The van der Waals surface area contributed by atoms with Crippen molar-refractivity contribution in [2.75, 3.05) is 39.9 Å². The van der Waals surface area contributed by atoms with Crippen LogP contribution in [0.3, 0.4) is 0 Å². The summed E-state index contributed by atoms with van der Waals surface area (Å²) >= 11 is 0. The van der Waals surface area contributed by atoms with Crippen molar-refractivity contribution < 1.29 is 32.2 Å². The highest BCUT2D eigenvalue weighted by Gasteiger charge is 2.35. The molecule has 0 bridgehead atoms. The van der Waals surface area contributed by atoms with E-state index in [1.807, 2.05) is 24.3 Å². The lowest BCUT2D eigenvalue weighted by Crippen LogP contribution is -2.40. The highest BCUT2D eigenvalue weighted by molar-refractivity contribution is 7.91. The maximum Gasteiger partial charge on any atom is 0.254 e. The molecule has 0 unspecified atom stereocenters. The van der Waals surface area contributed by atoms with Crippen molar-refractivity contribution in [3.8, 4) is 23.0 Å². The molecule has 31 heavy (non-hydrogen) atoms. The average molecular weight is 450 g/mol. The Balaban J connectivity index is 1.99. The van der Waals surface area contributed by atoms with E-state index in [2.05, 4.69) is 0 Å². The van der Waals surface area contributed by atoms with Gasteiger partial charge < -0.3 is 23.8 Å². The molecule has 1 aliphatic rings. The molecule has 0 radical (unpaired) electrons. The lowest BCUT2D eigenvalue weighted by Gasteiger charge is -2.29. The lowest BCUT2D eigenvalue weighted by atomic mass is 10.1. The van der Waals surface area contributed by atoms with E-state index < -0.39 is 15.9 Å². The maximum absolute atomic E-state index is 13.6. The smallest absolute Gasteiger partial charge is 0.254 e. The predicted octanol–water partition coefficient (Wildman–Crippen LogP) is 2.55. The molecule has 3 rings (SSSR count). The monoisotopic (exact) mass is 449 g/mol. The van der Waals surface area contributed by atoms with Crippen LogP contribution in [0.4, 0.5) is 0 Å². The van der Waals surface area contributed by atoms with Gasteiger partial charge in [0.2, 0.25) is 5.75 Å². The molecule has 2 aromatic carbocycles. The average Bonchev–Trinajstić information content (AvgIpc) is 3.15. The summed E-state index contributed by atoms with van der Waals surface area (Å²) < 4.78 is 45.5. The van der Waals surface area contributed by atoms with Crippen LogP contribution in [0.15, 0.2) is 36.4 Å². The van der Waals surface area contributed by atoms with Crippen molar-refractivity contribution in [3.63, 3.8) is 0 Å². The molecule has 9 heteroatoms. The van der Waals surface area contributed by atoms with Gasteiger partial charge in [-0.1, -0.05) is 12.1 Å². The van der Waals surface area contributed by atoms with Crippen LogP contribution in [-0.4, -0.2) is 65.2 Å². The molecule has 0 aliphatic carbocycles. The van der Waals surface area contributed by atoms with Gasteiger partial charge in [0.25, 0.3) is 5.91 Å². The van der Waals surface area contributed by atoms with E-state index in [0.717, 1.165) is 5.56 Å². The second-order valence-electron chi connectivity index (χ2n) is 7.25. The van der Waals surface area contributed by atoms with Crippen LogP contribution in [0.5, 0.6) is 23.0 Å². The van der Waals surface area contributed by atoms with E-state index in [-0.39, 0.29) is 24.0 Å². The molecular weight excluding hydrogens is 422 g/mol. The van der Waals surface area contributed by atoms with Crippen molar-refractivity contribution >= 4 is 15.7 Å². The fourth-order valence-electron chi connectivity index (χ4n) is 3.69. The van der Waals surface area contributed by atoms with Gasteiger partial charge in [-0.15, -0.1) is 0 Å². The number of methoxy groups -OCH3 is 4. The second kappa shape index (κ2) is 9.47. The SMILES string of the molecule is COc1ccc(CN(C(=O)c2cc(OC)c(OC)c(OC)c2)[C@H]2CCS(=O)(=O)C2)cc1. The van der Waals surface area contributed by atoms with Gasteiger partial charge in [0.1, 0.15) is 5.75 Å². The molecule has 1 fully saturated rings. The van der Waals surface area contributed by atoms with Crippen LogP contribution in [0, 0.1) is 0 Å². The number of amides is 1. The zero-order chi connectivity index (χ0) is 22.6. The number of hydrogen-bond acceptors (Lipinski definition) is 7. The number of hydrogen-bond donors (Lipinski definition) is 0. The fourth-order valence-corrected chi connectivity index (χ4v) is 5.42. The zero-order valence-electron chi connectivity index (χ0n) is 18.1. The highest BCUT2D eigenvalue weighted by atomic mass is 32.2. The fraction of sp³-hybridized carbons (Fsp3) is 0.409. The van der Waals surface area contributed by atoms with Crippen LogP contribution < -0.4 is 18.9 Å². The van der Waals surface area contributed by atoms with E-state index in [4.69, 9.17) is 18.9 Å². The molecule has 0 N–H and O–H groups in total. The molecule has 1 atom stereocenters. The minimum absolute atomic E-state index is 0.0562. The largest absolute Gasteiger partial charge is 0.497 e. The van der Waals surface area contributed by atoms with E-state index in [0.29, 0.717) is 35.0 Å². The Labute approximate surface area is 182 Å². The van der Waals surface area contributed by atoms with Gasteiger partial charge in [-0.05, 0) is 36.2 Å². The standard InChI is InChI=1S/C22H27NO7S/c1-27-18-7-5-15(6-8-18)13-23(17-9-10-31(25,26)14-17)22(24)16-11-19(28-2)21(30-4)20(12-16)29-3/h5-8,11-12,17H,9-10,13-14H2,1-4H3/t17-/m0/s1. The topological polar surface area (TPSA) is 91.4 Å². The number of nitrogens with zero attached hydrogens (tertiary/aromatic N) is 1. The van der Waals surface area contributed by atoms with Crippen LogP contribution >= 0.6 is 0 Å². The first-order chi connectivity index (χ1) is 14.8. The van der Waals surface area contributed by atoms with Gasteiger partial charge in [-0.2, -0.15) is 0 Å². The van der Waals surface area contributed by atoms with Gasteiger partial charge in [-0.25, -0.2) is 8.42 Å². The van der Waals surface area contributed by atoms with Gasteiger partial charge in [0.05, 0.1) is 39.9 Å². The first-order valence-electron chi connectivity index (χ1n) is 9.76. The molecule has 168 valence electrons. The first-order valence-corrected chi connectivity index (χ1v) is 11.6. The van der Waals surface area contributed by atoms with Crippen LogP contribution in [0.1, 0.15) is 22.3 Å². The van der Waals surface area contributed by atoms with E-state index in [1.165, 1.54) is 21.3 Å². The van der Waals surface area contributed by atoms with Gasteiger partial charge >= 0.3 is 0 Å². The molecule has 1 saturated heterocycles. The van der Waals surface area contributed by atoms with E-state index in [9.17, 15) is 13.2 Å². The minimum Gasteiger partial charge on any atom is -0.497 e. The molecule has 1 heterocycles. The summed E-state index contributed by atoms with van der Waals surface area (Å²) in [7, 11) is 2.84. The molecule has 1 aliphatic heterocycles. The molecule has 1 amide bonds. The molecular formula is C22H27NO7S. The third kappa shape index (κ3) is 5.04. The summed E-state index contributed by atoms with van der Waals surface area (Å²) in [6.07, 6.45) is 0.397. The number of carbonyl (C=O) groups is 1. The quantitative estimate of drug-likeness (QED) is 0.612. The third-order valence-electron chi connectivity index (χ3n) is 5.33. The Morgan fingerprint density at radius 2 is 1.58 bits per heavy atom. The van der Waals surface area contributed by atoms with Crippen molar-refractivity contribution in [1.29, 1.82) is 0 Å². The summed E-state index contributed by atoms with van der Waals surface area (Å²) in [5.74, 6) is 1.50. The molecule has 2 aromatic rings. The van der Waals surface area contributed by atoms with Crippen molar-refractivity contribution in [2.45, 2.75) is 19.0 Å². The summed E-state index contributed by atoms with van der Waals surface area (Å²) in [5.41, 5.74) is 1.19. The summed E-state index contributed by atoms with van der Waals surface area (Å²) in [4.78, 5) is 15.2. The van der Waals surface area contributed by atoms with Crippen LogP contribution in [0.2, 0.25) is 0 Å². The number of carbonyl (C=O) groups excluding carboxylic acids is 1. The summed E-state index contributed by atoms with van der Waals surface area (Å²) in [5, 5.41) is 0. The molecule has 0 aromatic heterocycles. The zero-order valence-corrected chi connectivity index (χ0v) is 18.9.